The second-order valence-electron chi connectivity index (χ2n) is 7.01. The number of aromatic nitrogens is 2. The Balaban J connectivity index is 1.71. The maximum atomic E-state index is 11.6. The predicted molar refractivity (Wildman–Crippen MR) is 108 cm³/mol. The van der Waals surface area contributed by atoms with Crippen LogP contribution in [0.15, 0.2) is 23.1 Å². The van der Waals surface area contributed by atoms with Crippen molar-refractivity contribution in [2.45, 2.75) is 44.7 Å². The monoisotopic (exact) mass is 403 g/mol. The smallest absolute Gasteiger partial charge is 0.238 e. The minimum Gasteiger partial charge on any atom is -0.383 e. The number of benzene rings is 1. The maximum absolute atomic E-state index is 11.6. The molecule has 0 spiro atoms. The molecular weight excluding hydrogens is 382 g/mol. The molecule has 0 saturated carbocycles. The molecule has 1 aromatic carbocycles. The number of nitrogens with two attached hydrogens (primary N) is 2. The van der Waals surface area contributed by atoms with Gasteiger partial charge in [0.25, 0.3) is 0 Å². The lowest BCUT2D eigenvalue weighted by Crippen LogP contribution is -2.29. The Kier molecular flexibility index (Phi) is 4.13. The normalized spacial score (nSPS) is 16.9. The van der Waals surface area contributed by atoms with Crippen molar-refractivity contribution in [1.82, 2.24) is 9.97 Å². The average Bonchev–Trinajstić information content (AvgIpc) is 3.03. The second-order valence-corrected chi connectivity index (χ2v) is 9.77. The third-order valence-electron chi connectivity index (χ3n) is 5.15. The Morgan fingerprint density at radius 1 is 1.30 bits per heavy atom. The summed E-state index contributed by atoms with van der Waals surface area (Å²) in [6.07, 6.45) is 0.744. The van der Waals surface area contributed by atoms with E-state index in [0.717, 1.165) is 33.5 Å². The van der Waals surface area contributed by atoms with Crippen molar-refractivity contribution in [3.63, 3.8) is 0 Å². The molecule has 0 unspecified atom stereocenters. The van der Waals surface area contributed by atoms with E-state index in [4.69, 9.17) is 15.9 Å². The highest BCUT2D eigenvalue weighted by Crippen LogP contribution is 2.36. The van der Waals surface area contributed by atoms with Crippen molar-refractivity contribution < 1.29 is 8.42 Å². The highest BCUT2D eigenvalue weighted by atomic mass is 32.2. The standard InChI is InChI=1S/C18H21N5O2S2/c1-9-6-12-7-13(27(20,24)25)4-5-14(12)23(9)8-15-21-17(19)16-10(2)11(3)26-18(16)22-15/h4-5,7,9H,6,8H2,1-3H3,(H2,19,21,22)(H2,20,24,25)/t9-/m1/s1. The molecule has 3 aromatic rings. The van der Waals surface area contributed by atoms with E-state index in [9.17, 15) is 8.42 Å². The zero-order valence-electron chi connectivity index (χ0n) is 15.4. The first-order valence-electron chi connectivity index (χ1n) is 8.59. The summed E-state index contributed by atoms with van der Waals surface area (Å²) in [6, 6.07) is 5.21. The summed E-state index contributed by atoms with van der Waals surface area (Å²) in [5.41, 5.74) is 9.28. The average molecular weight is 404 g/mol. The van der Waals surface area contributed by atoms with Gasteiger partial charge in [-0.3, -0.25) is 0 Å². The van der Waals surface area contributed by atoms with Gasteiger partial charge in [-0.05, 0) is 56.5 Å². The van der Waals surface area contributed by atoms with E-state index in [1.807, 2.05) is 6.92 Å². The van der Waals surface area contributed by atoms with Gasteiger partial charge in [0.1, 0.15) is 10.6 Å². The first-order chi connectivity index (χ1) is 12.6. The second kappa shape index (κ2) is 6.15. The molecule has 7 nitrogen and oxygen atoms in total. The van der Waals surface area contributed by atoms with E-state index in [1.165, 1.54) is 4.88 Å². The molecule has 3 heterocycles. The number of thiophene rings is 1. The van der Waals surface area contributed by atoms with E-state index >= 15 is 0 Å². The van der Waals surface area contributed by atoms with Crippen LogP contribution in [0.5, 0.6) is 0 Å². The van der Waals surface area contributed by atoms with Crippen molar-refractivity contribution in [3.05, 3.63) is 40.0 Å². The first kappa shape index (κ1) is 18.1. The van der Waals surface area contributed by atoms with E-state index in [0.29, 0.717) is 18.2 Å². The molecular formula is C18H21N5O2S2. The number of hydrogen-bond donors (Lipinski definition) is 2. The minimum absolute atomic E-state index is 0.141. The summed E-state index contributed by atoms with van der Waals surface area (Å²) in [6.45, 7) is 6.70. The maximum Gasteiger partial charge on any atom is 0.238 e. The fourth-order valence-corrected chi connectivity index (χ4v) is 5.26. The van der Waals surface area contributed by atoms with Gasteiger partial charge >= 0.3 is 0 Å². The zero-order chi connectivity index (χ0) is 19.5. The van der Waals surface area contributed by atoms with Crippen LogP contribution >= 0.6 is 11.3 Å². The summed E-state index contributed by atoms with van der Waals surface area (Å²) < 4.78 is 23.2. The van der Waals surface area contributed by atoms with Crippen LogP contribution in [0.25, 0.3) is 10.2 Å². The largest absolute Gasteiger partial charge is 0.383 e. The van der Waals surface area contributed by atoms with Crippen LogP contribution in [0.1, 0.15) is 28.8 Å². The number of nitrogens with zero attached hydrogens (tertiary/aromatic N) is 3. The molecule has 2 aromatic heterocycles. The van der Waals surface area contributed by atoms with E-state index in [1.54, 1.807) is 29.5 Å². The fraction of sp³-hybridized carbons (Fsp3) is 0.333. The Morgan fingerprint density at radius 2 is 2.04 bits per heavy atom. The lowest BCUT2D eigenvalue weighted by atomic mass is 10.1. The fourth-order valence-electron chi connectivity index (χ4n) is 3.64. The summed E-state index contributed by atoms with van der Waals surface area (Å²) in [5, 5.41) is 6.19. The van der Waals surface area contributed by atoms with Crippen molar-refractivity contribution in [3.8, 4) is 0 Å². The first-order valence-corrected chi connectivity index (χ1v) is 11.0. The molecule has 4 rings (SSSR count). The lowest BCUT2D eigenvalue weighted by Gasteiger charge is -2.24. The lowest BCUT2D eigenvalue weighted by molar-refractivity contribution is 0.597. The van der Waals surface area contributed by atoms with Crippen molar-refractivity contribution in [2.75, 3.05) is 10.6 Å². The highest BCUT2D eigenvalue weighted by Gasteiger charge is 2.28. The molecule has 4 N–H and O–H groups in total. The van der Waals surface area contributed by atoms with Crippen molar-refractivity contribution in [1.29, 1.82) is 0 Å². The number of aryl methyl sites for hydroxylation is 2. The van der Waals surface area contributed by atoms with Gasteiger partial charge in [-0.2, -0.15) is 0 Å². The molecule has 0 fully saturated rings. The van der Waals surface area contributed by atoms with Crippen LogP contribution in [0.2, 0.25) is 0 Å². The summed E-state index contributed by atoms with van der Waals surface area (Å²) >= 11 is 1.63. The Labute approximate surface area is 162 Å². The molecule has 0 aliphatic carbocycles. The molecule has 0 radical (unpaired) electrons. The Hall–Kier alpha value is -2.23. The van der Waals surface area contributed by atoms with Crippen LogP contribution in [-0.2, 0) is 23.0 Å². The molecule has 9 heteroatoms. The number of primary sulfonamides is 1. The number of rotatable bonds is 3. The van der Waals surface area contributed by atoms with E-state index in [-0.39, 0.29) is 10.9 Å². The quantitative estimate of drug-likeness (QED) is 0.694. The van der Waals surface area contributed by atoms with Crippen LogP contribution < -0.4 is 15.8 Å². The molecule has 142 valence electrons. The van der Waals surface area contributed by atoms with Crippen LogP contribution in [0.4, 0.5) is 11.5 Å². The highest BCUT2D eigenvalue weighted by molar-refractivity contribution is 7.89. The molecule has 0 amide bonds. The number of sulfonamides is 1. The van der Waals surface area contributed by atoms with E-state index < -0.39 is 10.0 Å². The van der Waals surface area contributed by atoms with Gasteiger partial charge in [0.2, 0.25) is 10.0 Å². The SMILES string of the molecule is Cc1sc2nc(CN3c4ccc(S(N)(=O)=O)cc4C[C@H]3C)nc(N)c2c1C. The van der Waals surface area contributed by atoms with Crippen molar-refractivity contribution >= 4 is 43.1 Å². The Morgan fingerprint density at radius 3 is 2.74 bits per heavy atom. The van der Waals surface area contributed by atoms with Gasteiger partial charge in [-0.1, -0.05) is 0 Å². The van der Waals surface area contributed by atoms with E-state index in [2.05, 4.69) is 23.7 Å². The molecule has 1 aliphatic heterocycles. The number of fused-ring (bicyclic) bond motifs is 2. The third-order valence-corrected chi connectivity index (χ3v) is 7.16. The number of anilines is 2. The number of hydrogen-bond acceptors (Lipinski definition) is 7. The van der Waals surface area contributed by atoms with Gasteiger partial charge in [0.15, 0.2) is 5.82 Å². The molecule has 27 heavy (non-hydrogen) atoms. The third kappa shape index (κ3) is 3.05. The summed E-state index contributed by atoms with van der Waals surface area (Å²) in [7, 11) is -3.71. The minimum atomic E-state index is -3.71. The summed E-state index contributed by atoms with van der Waals surface area (Å²) in [4.78, 5) is 13.7. The van der Waals surface area contributed by atoms with Gasteiger partial charge in [0.05, 0.1) is 16.8 Å². The molecule has 1 aliphatic rings. The van der Waals surface area contributed by atoms with Gasteiger partial charge < -0.3 is 10.6 Å². The molecule has 0 bridgehead atoms. The van der Waals surface area contributed by atoms with Gasteiger partial charge in [-0.15, -0.1) is 11.3 Å². The van der Waals surface area contributed by atoms with Crippen LogP contribution in [0, 0.1) is 13.8 Å². The van der Waals surface area contributed by atoms with Crippen molar-refractivity contribution in [2.24, 2.45) is 5.14 Å². The van der Waals surface area contributed by atoms with Crippen LogP contribution in [0.3, 0.4) is 0 Å². The van der Waals surface area contributed by atoms with Gasteiger partial charge in [0, 0.05) is 16.6 Å². The molecule has 0 saturated heterocycles. The summed E-state index contributed by atoms with van der Waals surface area (Å²) in [5.74, 6) is 1.17. The van der Waals surface area contributed by atoms with Gasteiger partial charge in [-0.25, -0.2) is 23.5 Å². The topological polar surface area (TPSA) is 115 Å². The van der Waals surface area contributed by atoms with Crippen LogP contribution in [-0.4, -0.2) is 24.4 Å². The number of nitrogen functional groups attached to an aromatic ring is 1. The zero-order valence-corrected chi connectivity index (χ0v) is 17.0. The Bertz CT molecular complexity index is 1170. The predicted octanol–water partition coefficient (Wildman–Crippen LogP) is 2.49. The molecule has 1 atom stereocenters.